The summed E-state index contributed by atoms with van der Waals surface area (Å²) in [5.41, 5.74) is 0.0445. The molecule has 1 aromatic rings. The van der Waals surface area contributed by atoms with Crippen molar-refractivity contribution in [3.05, 3.63) is 23.8 Å². The van der Waals surface area contributed by atoms with Gasteiger partial charge in [-0.05, 0) is 12.8 Å². The minimum absolute atomic E-state index is 0. The van der Waals surface area contributed by atoms with E-state index >= 15 is 0 Å². The van der Waals surface area contributed by atoms with Crippen molar-refractivity contribution in [2.75, 3.05) is 0 Å². The zero-order valence-corrected chi connectivity index (χ0v) is 8.06. The fraction of sp³-hybridized carbons (Fsp3) is 0.444. The second-order valence-electron chi connectivity index (χ2n) is 3.25. The van der Waals surface area contributed by atoms with Crippen LogP contribution in [0.2, 0.25) is 0 Å². The predicted molar refractivity (Wildman–Crippen MR) is 43.0 cm³/mol. The molecule has 0 saturated heterocycles. The standard InChI is InChI=1S/C9H10N2O2.Li/c12-9(13)7-4-10-8(11-5-7)6-2-1-3-6;/h4-6H,1-3H2,(H,12,13);/q;+1/p-1. The number of nitrogens with zero attached hydrogens (tertiary/aromatic N) is 2. The fourth-order valence-corrected chi connectivity index (χ4v) is 1.32. The molecule has 0 spiro atoms. The Kier molecular flexibility index (Phi) is 3.67. The van der Waals surface area contributed by atoms with Gasteiger partial charge in [0.2, 0.25) is 0 Å². The van der Waals surface area contributed by atoms with E-state index in [4.69, 9.17) is 0 Å². The summed E-state index contributed by atoms with van der Waals surface area (Å²) < 4.78 is 0. The van der Waals surface area contributed by atoms with Crippen molar-refractivity contribution in [1.82, 2.24) is 9.97 Å². The Bertz CT molecular complexity index is 322. The van der Waals surface area contributed by atoms with Crippen LogP contribution >= 0.6 is 0 Å². The molecule has 0 radical (unpaired) electrons. The number of carboxylic acid groups (broad SMARTS) is 1. The van der Waals surface area contributed by atoms with Gasteiger partial charge in [-0.3, -0.25) is 0 Å². The first kappa shape index (κ1) is 11.2. The molecule has 5 heteroatoms. The number of aromatic nitrogens is 2. The van der Waals surface area contributed by atoms with Crippen LogP contribution in [0.15, 0.2) is 12.4 Å². The van der Waals surface area contributed by atoms with Crippen LogP contribution in [0.25, 0.3) is 0 Å². The molecule has 14 heavy (non-hydrogen) atoms. The third kappa shape index (κ3) is 2.14. The summed E-state index contributed by atoms with van der Waals surface area (Å²) in [6, 6.07) is 0. The van der Waals surface area contributed by atoms with Gasteiger partial charge in [0, 0.05) is 23.9 Å². The van der Waals surface area contributed by atoms with Gasteiger partial charge in [0.05, 0.1) is 5.97 Å². The molecule has 1 saturated carbocycles. The van der Waals surface area contributed by atoms with Crippen LogP contribution in [0.1, 0.15) is 41.4 Å². The number of carboxylic acids is 1. The predicted octanol–water partition coefficient (Wildman–Crippen LogP) is -2.89. The van der Waals surface area contributed by atoms with Crippen molar-refractivity contribution in [1.29, 1.82) is 0 Å². The SMILES string of the molecule is O=C([O-])c1cnc(C2CCC2)nc1.[Li+]. The van der Waals surface area contributed by atoms with E-state index in [0.29, 0.717) is 5.92 Å². The van der Waals surface area contributed by atoms with Crippen LogP contribution < -0.4 is 24.0 Å². The van der Waals surface area contributed by atoms with E-state index in [1.165, 1.54) is 18.8 Å². The third-order valence-corrected chi connectivity index (χ3v) is 2.38. The molecule has 0 amide bonds. The van der Waals surface area contributed by atoms with Crippen LogP contribution in [0.5, 0.6) is 0 Å². The Morgan fingerprint density at radius 3 is 2.29 bits per heavy atom. The van der Waals surface area contributed by atoms with Crippen LogP contribution in [0, 0.1) is 0 Å². The number of aromatic carboxylic acids is 1. The van der Waals surface area contributed by atoms with Crippen LogP contribution in [-0.4, -0.2) is 15.9 Å². The van der Waals surface area contributed by atoms with Crippen molar-refractivity contribution in [2.45, 2.75) is 25.2 Å². The fourth-order valence-electron chi connectivity index (χ4n) is 1.32. The monoisotopic (exact) mass is 184 g/mol. The molecule has 0 aromatic carbocycles. The maximum Gasteiger partial charge on any atom is 1.00 e. The van der Waals surface area contributed by atoms with Crippen molar-refractivity contribution in [3.8, 4) is 0 Å². The topological polar surface area (TPSA) is 65.9 Å². The summed E-state index contributed by atoms with van der Waals surface area (Å²) >= 11 is 0. The van der Waals surface area contributed by atoms with Crippen molar-refractivity contribution in [2.24, 2.45) is 0 Å². The number of hydrogen-bond donors (Lipinski definition) is 0. The van der Waals surface area contributed by atoms with Crippen LogP contribution in [0.4, 0.5) is 0 Å². The van der Waals surface area contributed by atoms with Gasteiger partial charge in [0.25, 0.3) is 0 Å². The van der Waals surface area contributed by atoms with Crippen molar-refractivity contribution < 1.29 is 28.8 Å². The van der Waals surface area contributed by atoms with Gasteiger partial charge in [0.15, 0.2) is 0 Å². The molecule has 0 bridgehead atoms. The summed E-state index contributed by atoms with van der Waals surface area (Å²) in [5, 5.41) is 10.4. The van der Waals surface area contributed by atoms with Gasteiger partial charge in [-0.2, -0.15) is 0 Å². The van der Waals surface area contributed by atoms with Gasteiger partial charge in [0.1, 0.15) is 5.82 Å². The van der Waals surface area contributed by atoms with E-state index in [2.05, 4.69) is 9.97 Å². The number of carbonyl (C=O) groups excluding carboxylic acids is 1. The van der Waals surface area contributed by atoms with E-state index in [1.54, 1.807) is 0 Å². The van der Waals surface area contributed by atoms with Gasteiger partial charge < -0.3 is 9.90 Å². The second-order valence-corrected chi connectivity index (χ2v) is 3.25. The number of hydrogen-bond acceptors (Lipinski definition) is 4. The van der Waals surface area contributed by atoms with Crippen molar-refractivity contribution >= 4 is 5.97 Å². The van der Waals surface area contributed by atoms with E-state index in [-0.39, 0.29) is 24.4 Å². The van der Waals surface area contributed by atoms with E-state index < -0.39 is 5.97 Å². The maximum absolute atomic E-state index is 10.4. The normalized spacial score (nSPS) is 15.4. The number of carbonyl (C=O) groups is 1. The summed E-state index contributed by atoms with van der Waals surface area (Å²) in [7, 11) is 0. The first-order valence-corrected chi connectivity index (χ1v) is 4.30. The molecule has 0 atom stereocenters. The largest absolute Gasteiger partial charge is 1.00 e. The minimum atomic E-state index is -1.22. The average molecular weight is 184 g/mol. The Hall–Kier alpha value is -0.853. The molecule has 68 valence electrons. The smallest absolute Gasteiger partial charge is 0.545 e. The summed E-state index contributed by atoms with van der Waals surface area (Å²) in [6.07, 6.45) is 6.08. The molecule has 1 aliphatic carbocycles. The molecule has 1 fully saturated rings. The summed E-state index contributed by atoms with van der Waals surface area (Å²) in [4.78, 5) is 18.4. The molecule has 1 aliphatic rings. The van der Waals surface area contributed by atoms with Crippen LogP contribution in [-0.2, 0) is 0 Å². The zero-order chi connectivity index (χ0) is 9.26. The molecular formula is C9H9LiN2O2. The Morgan fingerprint density at radius 2 is 1.93 bits per heavy atom. The second kappa shape index (κ2) is 4.58. The Labute approximate surface area is 93.9 Å². The number of rotatable bonds is 2. The van der Waals surface area contributed by atoms with E-state index in [9.17, 15) is 9.90 Å². The molecule has 2 rings (SSSR count). The summed E-state index contributed by atoms with van der Waals surface area (Å²) in [5.74, 6) is -0.0211. The van der Waals surface area contributed by atoms with Gasteiger partial charge >= 0.3 is 18.9 Å². The first-order valence-electron chi connectivity index (χ1n) is 4.30. The minimum Gasteiger partial charge on any atom is -0.545 e. The average Bonchev–Trinajstić information content (AvgIpc) is 2.02. The quantitative estimate of drug-likeness (QED) is 0.463. The Morgan fingerprint density at radius 1 is 1.36 bits per heavy atom. The Balaban J connectivity index is 0.000000980. The first-order chi connectivity index (χ1) is 6.27. The molecule has 1 heterocycles. The zero-order valence-electron chi connectivity index (χ0n) is 8.06. The molecule has 0 unspecified atom stereocenters. The maximum atomic E-state index is 10.4. The van der Waals surface area contributed by atoms with Gasteiger partial charge in [-0.1, -0.05) is 6.42 Å². The molecule has 0 N–H and O–H groups in total. The molecule has 4 nitrogen and oxygen atoms in total. The van der Waals surface area contributed by atoms with Crippen LogP contribution in [0.3, 0.4) is 0 Å². The molecule has 1 aromatic heterocycles. The van der Waals surface area contributed by atoms with E-state index in [1.807, 2.05) is 0 Å². The van der Waals surface area contributed by atoms with Crippen molar-refractivity contribution in [3.63, 3.8) is 0 Å². The summed E-state index contributed by atoms with van der Waals surface area (Å²) in [6.45, 7) is 0. The molecular weight excluding hydrogens is 175 g/mol. The molecule has 0 aliphatic heterocycles. The van der Waals surface area contributed by atoms with E-state index in [0.717, 1.165) is 18.7 Å². The van der Waals surface area contributed by atoms with Gasteiger partial charge in [-0.15, -0.1) is 0 Å². The third-order valence-electron chi connectivity index (χ3n) is 2.38. The van der Waals surface area contributed by atoms with Gasteiger partial charge in [-0.25, -0.2) is 9.97 Å².